The van der Waals surface area contributed by atoms with Crippen LogP contribution in [0.25, 0.3) is 32.9 Å². The molecule has 4 aromatic rings. The van der Waals surface area contributed by atoms with Crippen molar-refractivity contribution in [3.05, 3.63) is 41.5 Å². The van der Waals surface area contributed by atoms with Crippen LogP contribution in [0.4, 0.5) is 32.2 Å². The Morgan fingerprint density at radius 1 is 1.08 bits per heavy atom. The molecule has 4 saturated heterocycles. The van der Waals surface area contributed by atoms with Gasteiger partial charge in [0.05, 0.1) is 18.2 Å². The molecule has 2 bridgehead atoms. The summed E-state index contributed by atoms with van der Waals surface area (Å²) in [6, 6.07) is 3.38. The number of fused-ring (bicyclic) bond motifs is 5. The maximum Gasteiger partial charge on any atom is 0.428 e. The van der Waals surface area contributed by atoms with Crippen LogP contribution < -0.4 is 14.4 Å². The Balaban J connectivity index is 1.29. The number of benzene rings is 2. The van der Waals surface area contributed by atoms with Crippen LogP contribution in [-0.2, 0) is 0 Å². The number of rotatable bonds is 7. The predicted octanol–water partition coefficient (Wildman–Crippen LogP) is 5.31. The number of phenolic OH excluding ortho intramolecular Hbond substituents is 1. The molecule has 0 amide bonds. The van der Waals surface area contributed by atoms with Gasteiger partial charge in [-0.05, 0) is 55.8 Å². The number of anilines is 1. The van der Waals surface area contributed by atoms with Crippen molar-refractivity contribution >= 4 is 27.5 Å². The largest absolute Gasteiger partial charge is 0.508 e. The summed E-state index contributed by atoms with van der Waals surface area (Å²) in [7, 11) is 1.29. The molecule has 0 spiro atoms. The van der Waals surface area contributed by atoms with Crippen molar-refractivity contribution in [1.82, 2.24) is 24.8 Å². The molecule has 6 heterocycles. The summed E-state index contributed by atoms with van der Waals surface area (Å²) >= 11 is 0. The predicted molar refractivity (Wildman–Crippen MR) is 178 cm³/mol. The Bertz CT molecular complexity index is 2120. The topological polar surface area (TPSA) is 107 Å². The molecule has 4 aliphatic rings. The average Bonchev–Trinajstić information content (AvgIpc) is 3.72. The van der Waals surface area contributed by atoms with Crippen molar-refractivity contribution in [3.8, 4) is 41.2 Å². The van der Waals surface area contributed by atoms with Crippen molar-refractivity contribution < 1.29 is 46.0 Å². The molecule has 0 radical (unpaired) electrons. The summed E-state index contributed by atoms with van der Waals surface area (Å²) < 4.78 is 99.5. The fourth-order valence-electron chi connectivity index (χ4n) is 8.80. The lowest BCUT2D eigenvalue weighted by Crippen LogP contribution is -2.60. The second-order valence-electron chi connectivity index (χ2n) is 14.0. The van der Waals surface area contributed by atoms with E-state index in [-0.39, 0.29) is 89.2 Å². The van der Waals surface area contributed by atoms with E-state index in [0.29, 0.717) is 31.2 Å². The zero-order valence-electron chi connectivity index (χ0n) is 27.9. The van der Waals surface area contributed by atoms with Gasteiger partial charge in [-0.2, -0.15) is 23.1 Å². The van der Waals surface area contributed by atoms with Gasteiger partial charge in [-0.1, -0.05) is 12.0 Å². The van der Waals surface area contributed by atoms with Crippen LogP contribution in [0.15, 0.2) is 24.3 Å². The number of methoxy groups -OCH3 is 1. The van der Waals surface area contributed by atoms with E-state index in [4.69, 9.17) is 15.9 Å². The SMILES string of the molecule is C#Cc1c(F)ccc2cc(O)cc(-c3nc(OC)c4c(N5CC6CCC(C5)N6C(O)C(F)(F)F)nc(OC[C@@]56CCCN5C[C@H](F)C6)nc4c3F)c12. The minimum Gasteiger partial charge on any atom is -0.508 e. The lowest BCUT2D eigenvalue weighted by Gasteiger charge is -2.44. The number of phenols is 1. The van der Waals surface area contributed by atoms with E-state index in [2.05, 4.69) is 20.9 Å². The Hall–Kier alpha value is -4.59. The second-order valence-corrected chi connectivity index (χ2v) is 14.0. The molecule has 8 rings (SSSR count). The molecule has 10 nitrogen and oxygen atoms in total. The van der Waals surface area contributed by atoms with Gasteiger partial charge >= 0.3 is 12.2 Å². The molecule has 274 valence electrons. The molecule has 4 fully saturated rings. The van der Waals surface area contributed by atoms with Gasteiger partial charge in [0.15, 0.2) is 5.82 Å². The highest BCUT2D eigenvalue weighted by molar-refractivity contribution is 6.04. The monoisotopic (exact) mass is 728 g/mol. The van der Waals surface area contributed by atoms with Gasteiger partial charge in [0.1, 0.15) is 46.8 Å². The second kappa shape index (κ2) is 12.5. The minimum absolute atomic E-state index is 0.00141. The molecule has 5 atom stereocenters. The summed E-state index contributed by atoms with van der Waals surface area (Å²) in [5.74, 6) is 0.186. The molecular formula is C36H34F6N6O4. The Morgan fingerprint density at radius 2 is 1.83 bits per heavy atom. The first-order chi connectivity index (χ1) is 24.8. The number of terminal acetylenes is 1. The number of alkyl halides is 4. The number of nitrogens with zero attached hydrogens (tertiary/aromatic N) is 6. The molecule has 0 aliphatic carbocycles. The van der Waals surface area contributed by atoms with E-state index >= 15 is 4.39 Å². The Morgan fingerprint density at radius 3 is 2.52 bits per heavy atom. The van der Waals surface area contributed by atoms with E-state index in [9.17, 15) is 32.2 Å². The zero-order valence-corrected chi connectivity index (χ0v) is 27.9. The molecule has 52 heavy (non-hydrogen) atoms. The third kappa shape index (κ3) is 5.52. The summed E-state index contributed by atoms with van der Waals surface area (Å²) in [4.78, 5) is 18.4. The number of aromatic nitrogens is 3. The Kier molecular flexibility index (Phi) is 8.31. The first-order valence-corrected chi connectivity index (χ1v) is 17.0. The van der Waals surface area contributed by atoms with E-state index in [1.807, 2.05) is 4.90 Å². The number of ether oxygens (including phenoxy) is 2. The highest BCUT2D eigenvalue weighted by atomic mass is 19.4. The number of pyridine rings is 1. The van der Waals surface area contributed by atoms with Crippen LogP contribution in [0.5, 0.6) is 17.6 Å². The number of hydrogen-bond donors (Lipinski definition) is 2. The van der Waals surface area contributed by atoms with Crippen molar-refractivity contribution in [2.45, 2.75) is 68.3 Å². The quantitative estimate of drug-likeness (QED) is 0.192. The fraction of sp³-hybridized carbons (Fsp3) is 0.472. The van der Waals surface area contributed by atoms with E-state index in [0.717, 1.165) is 17.4 Å². The van der Waals surface area contributed by atoms with Gasteiger partial charge in [-0.3, -0.25) is 9.80 Å². The molecule has 16 heteroatoms. The van der Waals surface area contributed by atoms with Gasteiger partial charge in [0.2, 0.25) is 12.1 Å². The van der Waals surface area contributed by atoms with Crippen LogP contribution in [0.1, 0.15) is 37.7 Å². The lowest BCUT2D eigenvalue weighted by atomic mass is 9.95. The molecule has 2 aromatic heterocycles. The first-order valence-electron chi connectivity index (χ1n) is 17.0. The van der Waals surface area contributed by atoms with Crippen molar-refractivity contribution in [1.29, 1.82) is 0 Å². The highest BCUT2D eigenvalue weighted by Crippen LogP contribution is 2.45. The number of piperazine rings is 1. The average molecular weight is 729 g/mol. The Labute approximate surface area is 294 Å². The maximum absolute atomic E-state index is 17.1. The maximum atomic E-state index is 17.1. The minimum atomic E-state index is -4.86. The van der Waals surface area contributed by atoms with Crippen molar-refractivity contribution in [3.63, 3.8) is 0 Å². The van der Waals surface area contributed by atoms with Crippen LogP contribution >= 0.6 is 0 Å². The van der Waals surface area contributed by atoms with Crippen LogP contribution in [0.3, 0.4) is 0 Å². The van der Waals surface area contributed by atoms with Gasteiger partial charge in [-0.15, -0.1) is 6.42 Å². The molecule has 4 aliphatic heterocycles. The number of aromatic hydroxyl groups is 1. The molecule has 2 aromatic carbocycles. The lowest BCUT2D eigenvalue weighted by molar-refractivity contribution is -0.259. The number of halogens is 6. The van der Waals surface area contributed by atoms with Crippen molar-refractivity contribution in [2.24, 2.45) is 0 Å². The van der Waals surface area contributed by atoms with Crippen molar-refractivity contribution in [2.75, 3.05) is 44.8 Å². The van der Waals surface area contributed by atoms with Crippen LogP contribution in [0.2, 0.25) is 0 Å². The smallest absolute Gasteiger partial charge is 0.428 e. The third-order valence-corrected chi connectivity index (χ3v) is 11.0. The van der Waals surface area contributed by atoms with E-state index < -0.39 is 47.8 Å². The van der Waals surface area contributed by atoms with Gasteiger partial charge in [0.25, 0.3) is 0 Å². The molecule has 0 saturated carbocycles. The van der Waals surface area contributed by atoms with Crippen LogP contribution in [0, 0.1) is 24.0 Å². The van der Waals surface area contributed by atoms with Gasteiger partial charge in [-0.25, -0.2) is 18.2 Å². The summed E-state index contributed by atoms with van der Waals surface area (Å²) in [5, 5.41) is 21.3. The molecular weight excluding hydrogens is 694 g/mol. The van der Waals surface area contributed by atoms with Crippen LogP contribution in [-0.4, -0.2) is 111 Å². The number of hydrogen-bond acceptors (Lipinski definition) is 10. The third-order valence-electron chi connectivity index (χ3n) is 11.0. The summed E-state index contributed by atoms with van der Waals surface area (Å²) in [6.45, 7) is 0.955. The van der Waals surface area contributed by atoms with Gasteiger partial charge in [0, 0.05) is 49.1 Å². The van der Waals surface area contributed by atoms with Gasteiger partial charge < -0.3 is 24.6 Å². The summed E-state index contributed by atoms with van der Waals surface area (Å²) in [6.07, 6.45) is -0.371. The standard InChI is InChI=1S/C36H34F6N6O4/c1-3-23-25(38)8-5-18-11-22(49)12-24(26(18)23)29-28(39)30-27(32(43-29)51-2)31(46-15-20-6-7-21(16-46)48(20)33(50)36(40,41)42)45-34(44-30)52-17-35-9-4-10-47(35)14-19(37)13-35/h1,5,8,11-12,19-21,33,49-50H,4,6-7,9-10,13-17H2,2H3/t19-,20?,21?,33?,35+/m1/s1. The normalized spacial score (nSPS) is 25.5. The molecule has 2 N–H and O–H groups in total. The molecule has 3 unspecified atom stereocenters. The van der Waals surface area contributed by atoms with E-state index in [1.165, 1.54) is 25.3 Å². The number of aliphatic hydroxyl groups excluding tert-OH is 1. The number of aliphatic hydroxyl groups is 1. The fourth-order valence-corrected chi connectivity index (χ4v) is 8.80. The summed E-state index contributed by atoms with van der Waals surface area (Å²) in [5.41, 5.74) is -1.53. The zero-order chi connectivity index (χ0) is 36.7. The van der Waals surface area contributed by atoms with E-state index in [1.54, 1.807) is 4.90 Å². The first kappa shape index (κ1) is 34.5. The highest BCUT2D eigenvalue weighted by Gasteiger charge is 2.53.